The summed E-state index contributed by atoms with van der Waals surface area (Å²) in [5.74, 6) is 4.21. The molecule has 1 aromatic rings. The molecule has 19 heavy (non-hydrogen) atoms. The van der Waals surface area contributed by atoms with Gasteiger partial charge >= 0.3 is 0 Å². The zero-order chi connectivity index (χ0) is 13.5. The van der Waals surface area contributed by atoms with Crippen molar-refractivity contribution in [3.05, 3.63) is 23.8 Å². The zero-order valence-corrected chi connectivity index (χ0v) is 11.0. The minimum absolute atomic E-state index is 0.0884. The molecule has 102 valence electrons. The molecule has 0 bridgehead atoms. The Morgan fingerprint density at radius 2 is 2.11 bits per heavy atom. The van der Waals surface area contributed by atoms with Gasteiger partial charge in [-0.2, -0.15) is 0 Å². The Labute approximate surface area is 114 Å². The van der Waals surface area contributed by atoms with Gasteiger partial charge < -0.3 is 20.5 Å². The lowest BCUT2D eigenvalue weighted by Crippen LogP contribution is -2.28. The van der Waals surface area contributed by atoms with E-state index in [2.05, 4.69) is 11.2 Å². The van der Waals surface area contributed by atoms with Crippen molar-refractivity contribution >= 4 is 0 Å². The summed E-state index contributed by atoms with van der Waals surface area (Å²) >= 11 is 0. The van der Waals surface area contributed by atoms with Gasteiger partial charge in [0, 0.05) is 32.0 Å². The van der Waals surface area contributed by atoms with E-state index in [9.17, 15) is 0 Å². The van der Waals surface area contributed by atoms with Crippen molar-refractivity contribution in [2.75, 3.05) is 26.3 Å². The Bertz CT molecular complexity index is 454. The van der Waals surface area contributed by atoms with Crippen LogP contribution in [-0.2, 0) is 0 Å². The number of ether oxygens (including phenoxy) is 2. The summed E-state index contributed by atoms with van der Waals surface area (Å²) in [5, 5.41) is 3.35. The summed E-state index contributed by atoms with van der Waals surface area (Å²) in [4.78, 5) is 0. The Kier molecular flexibility index (Phi) is 5.08. The first-order valence-corrected chi connectivity index (χ1v) is 6.61. The first kappa shape index (κ1) is 13.7. The smallest absolute Gasteiger partial charge is 0.161 e. The van der Waals surface area contributed by atoms with Crippen molar-refractivity contribution in [2.45, 2.75) is 18.9 Å². The van der Waals surface area contributed by atoms with Crippen molar-refractivity contribution in [3.8, 4) is 23.8 Å². The number of nitrogens with one attached hydrogen (secondary N) is 1. The van der Waals surface area contributed by atoms with E-state index in [1.807, 2.05) is 18.2 Å². The Morgan fingerprint density at radius 3 is 2.84 bits per heavy atom. The number of nitrogens with two attached hydrogens (primary N) is 1. The Morgan fingerprint density at radius 1 is 1.32 bits per heavy atom. The molecule has 0 aromatic heterocycles. The lowest BCUT2D eigenvalue weighted by Gasteiger charge is -2.18. The fraction of sp³-hybridized carbons (Fsp3) is 0.467. The topological polar surface area (TPSA) is 56.5 Å². The van der Waals surface area contributed by atoms with E-state index in [1.165, 1.54) is 0 Å². The summed E-state index contributed by atoms with van der Waals surface area (Å²) in [6.45, 7) is 2.67. The van der Waals surface area contributed by atoms with Crippen molar-refractivity contribution in [2.24, 2.45) is 5.73 Å². The predicted octanol–water partition coefficient (Wildman–Crippen LogP) is 1.46. The average molecular weight is 260 g/mol. The molecule has 1 aliphatic rings. The molecule has 1 atom stereocenters. The van der Waals surface area contributed by atoms with Crippen LogP contribution in [-0.4, -0.2) is 26.3 Å². The number of rotatable bonds is 5. The molecular weight excluding hydrogens is 240 g/mol. The SMILES string of the molecule is C#CCCNC(CN)c1ccc2c(c1)OCCCO2. The molecule has 4 nitrogen and oxygen atoms in total. The molecule has 0 spiro atoms. The summed E-state index contributed by atoms with van der Waals surface area (Å²) in [7, 11) is 0. The van der Waals surface area contributed by atoms with Crippen LogP contribution in [0.25, 0.3) is 0 Å². The van der Waals surface area contributed by atoms with Crippen molar-refractivity contribution < 1.29 is 9.47 Å². The molecule has 3 N–H and O–H groups in total. The predicted molar refractivity (Wildman–Crippen MR) is 75.3 cm³/mol. The monoisotopic (exact) mass is 260 g/mol. The van der Waals surface area contributed by atoms with Crippen LogP contribution in [0.4, 0.5) is 0 Å². The van der Waals surface area contributed by atoms with Gasteiger partial charge in [-0.05, 0) is 17.7 Å². The van der Waals surface area contributed by atoms with E-state index in [4.69, 9.17) is 21.6 Å². The summed E-state index contributed by atoms with van der Waals surface area (Å²) < 4.78 is 11.3. The van der Waals surface area contributed by atoms with Crippen LogP contribution in [0, 0.1) is 12.3 Å². The van der Waals surface area contributed by atoms with Crippen LogP contribution in [0.15, 0.2) is 18.2 Å². The molecule has 0 saturated heterocycles. The van der Waals surface area contributed by atoms with Gasteiger partial charge in [-0.15, -0.1) is 12.3 Å². The zero-order valence-electron chi connectivity index (χ0n) is 11.0. The summed E-state index contributed by atoms with van der Waals surface area (Å²) in [6, 6.07) is 6.06. The lowest BCUT2D eigenvalue weighted by molar-refractivity contribution is 0.297. The van der Waals surface area contributed by atoms with Gasteiger partial charge in [0.2, 0.25) is 0 Å². The quantitative estimate of drug-likeness (QED) is 0.621. The maximum absolute atomic E-state index is 5.81. The second-order valence-electron chi connectivity index (χ2n) is 4.45. The van der Waals surface area contributed by atoms with E-state index in [1.54, 1.807) is 0 Å². The highest BCUT2D eigenvalue weighted by Gasteiger charge is 2.14. The van der Waals surface area contributed by atoms with E-state index in [-0.39, 0.29) is 6.04 Å². The van der Waals surface area contributed by atoms with Gasteiger partial charge in [-0.3, -0.25) is 0 Å². The molecule has 4 heteroatoms. The molecule has 1 heterocycles. The average Bonchev–Trinajstić information content (AvgIpc) is 2.68. The number of terminal acetylenes is 1. The van der Waals surface area contributed by atoms with Crippen LogP contribution in [0.1, 0.15) is 24.4 Å². The second kappa shape index (κ2) is 7.03. The fourth-order valence-corrected chi connectivity index (χ4v) is 2.05. The molecule has 0 saturated carbocycles. The normalized spacial score (nSPS) is 15.4. The van der Waals surface area contributed by atoms with Crippen LogP contribution < -0.4 is 20.5 Å². The standard InChI is InChI=1S/C15H20N2O2/c1-2-3-7-17-13(11-16)12-5-6-14-15(10-12)19-9-4-8-18-14/h1,5-6,10,13,17H,3-4,7-9,11,16H2. The van der Waals surface area contributed by atoms with Gasteiger partial charge in [0.1, 0.15) is 0 Å². The van der Waals surface area contributed by atoms with Crippen LogP contribution >= 0.6 is 0 Å². The third-order valence-electron chi connectivity index (χ3n) is 3.07. The maximum Gasteiger partial charge on any atom is 0.161 e. The minimum atomic E-state index is 0.0884. The van der Waals surface area contributed by atoms with E-state index in [0.717, 1.165) is 30.0 Å². The van der Waals surface area contributed by atoms with Gasteiger partial charge in [0.25, 0.3) is 0 Å². The third-order valence-corrected chi connectivity index (χ3v) is 3.07. The van der Waals surface area contributed by atoms with Gasteiger partial charge in [0.15, 0.2) is 11.5 Å². The molecule has 0 aliphatic carbocycles. The largest absolute Gasteiger partial charge is 0.490 e. The number of fused-ring (bicyclic) bond motifs is 1. The second-order valence-corrected chi connectivity index (χ2v) is 4.45. The molecule has 1 aliphatic heterocycles. The van der Waals surface area contributed by atoms with Crippen LogP contribution in [0.3, 0.4) is 0 Å². The summed E-state index contributed by atoms with van der Waals surface area (Å²) in [5.41, 5.74) is 6.91. The highest BCUT2D eigenvalue weighted by molar-refractivity contribution is 5.44. The number of benzene rings is 1. The van der Waals surface area contributed by atoms with Crippen LogP contribution in [0.2, 0.25) is 0 Å². The highest BCUT2D eigenvalue weighted by atomic mass is 16.5. The molecule has 1 aromatic carbocycles. The number of hydrogen-bond acceptors (Lipinski definition) is 4. The Hall–Kier alpha value is -1.70. The molecule has 0 radical (unpaired) electrons. The molecule has 2 rings (SSSR count). The molecule has 0 fully saturated rings. The lowest BCUT2D eigenvalue weighted by atomic mass is 10.1. The van der Waals surface area contributed by atoms with Gasteiger partial charge in [-0.1, -0.05) is 6.07 Å². The van der Waals surface area contributed by atoms with E-state index in [0.29, 0.717) is 26.2 Å². The molecular formula is C15H20N2O2. The maximum atomic E-state index is 5.81. The third kappa shape index (κ3) is 3.63. The van der Waals surface area contributed by atoms with Gasteiger partial charge in [0.05, 0.1) is 13.2 Å². The Balaban J connectivity index is 2.10. The minimum Gasteiger partial charge on any atom is -0.490 e. The van der Waals surface area contributed by atoms with E-state index >= 15 is 0 Å². The van der Waals surface area contributed by atoms with Gasteiger partial charge in [-0.25, -0.2) is 0 Å². The van der Waals surface area contributed by atoms with E-state index < -0.39 is 0 Å². The van der Waals surface area contributed by atoms with Crippen molar-refractivity contribution in [1.82, 2.24) is 5.32 Å². The first-order valence-electron chi connectivity index (χ1n) is 6.61. The van der Waals surface area contributed by atoms with Crippen LogP contribution in [0.5, 0.6) is 11.5 Å². The molecule has 0 amide bonds. The first-order chi connectivity index (χ1) is 9.35. The number of hydrogen-bond donors (Lipinski definition) is 2. The highest BCUT2D eigenvalue weighted by Crippen LogP contribution is 2.32. The summed E-state index contributed by atoms with van der Waals surface area (Å²) in [6.07, 6.45) is 6.85. The van der Waals surface area contributed by atoms with Crippen molar-refractivity contribution in [1.29, 1.82) is 0 Å². The molecule has 1 unspecified atom stereocenters. The van der Waals surface area contributed by atoms with Crippen molar-refractivity contribution in [3.63, 3.8) is 0 Å². The fourth-order valence-electron chi connectivity index (χ4n) is 2.05.